The van der Waals surface area contributed by atoms with Gasteiger partial charge in [-0.15, -0.1) is 0 Å². The molecule has 0 aromatic heterocycles. The highest BCUT2D eigenvalue weighted by molar-refractivity contribution is 14.1. The molecule has 0 radical (unpaired) electrons. The van der Waals surface area contributed by atoms with E-state index in [0.29, 0.717) is 28.8 Å². The molecule has 1 saturated heterocycles. The Morgan fingerprint density at radius 1 is 1.16 bits per heavy atom. The largest absolute Gasteiger partial charge is 0.355 e. The molecule has 3 amide bonds. The van der Waals surface area contributed by atoms with Crippen molar-refractivity contribution in [3.8, 4) is 0 Å². The van der Waals surface area contributed by atoms with Crippen LogP contribution in [-0.2, 0) is 30.9 Å². The van der Waals surface area contributed by atoms with Gasteiger partial charge < -0.3 is 14.8 Å². The second-order valence-corrected chi connectivity index (χ2v) is 11.2. The number of nitrogens with zero attached hydrogens (tertiary/aromatic N) is 3. The minimum Gasteiger partial charge on any atom is -0.355 e. The first-order valence-corrected chi connectivity index (χ1v) is 14.5. The van der Waals surface area contributed by atoms with E-state index in [1.54, 1.807) is 24.3 Å². The number of carbonyl (C=O) groups is 3. The minimum atomic E-state index is -2.10. The minimum absolute atomic E-state index is 0.0140. The number of carbonyl (C=O) groups excluding carboxylic acids is 3. The Kier molecular flexibility index (Phi) is 9.42. The highest BCUT2D eigenvalue weighted by Crippen LogP contribution is 2.48. The molecule has 1 aromatic carbocycles. The summed E-state index contributed by atoms with van der Waals surface area (Å²) in [4.78, 5) is 41.7. The Bertz CT molecular complexity index is 1230. The molecule has 1 fully saturated rings. The van der Waals surface area contributed by atoms with Crippen LogP contribution in [0.4, 0.5) is 5.69 Å². The van der Waals surface area contributed by atoms with Crippen molar-refractivity contribution in [1.29, 1.82) is 0 Å². The second kappa shape index (κ2) is 12.0. The quantitative estimate of drug-likeness (QED) is 0.0843. The van der Waals surface area contributed by atoms with Crippen molar-refractivity contribution in [1.82, 2.24) is 15.1 Å². The van der Waals surface area contributed by atoms with Crippen molar-refractivity contribution in [2.45, 2.75) is 30.6 Å². The molecule has 1 unspecified atom stereocenters. The summed E-state index contributed by atoms with van der Waals surface area (Å²) in [6.45, 7) is 5.20. The molecule has 9 nitrogen and oxygen atoms in total. The second-order valence-electron chi connectivity index (χ2n) is 9.07. The highest BCUT2D eigenvalue weighted by atomic mass is 127. The van der Waals surface area contributed by atoms with Gasteiger partial charge in [-0.3, -0.25) is 24.2 Å². The number of nitrogens with one attached hydrogen (secondary N) is 1. The van der Waals surface area contributed by atoms with E-state index in [0.717, 1.165) is 16.9 Å². The monoisotopic (exact) mass is 656 g/mol. The summed E-state index contributed by atoms with van der Waals surface area (Å²) in [5, 5.41) is 3.03. The van der Waals surface area contributed by atoms with Crippen LogP contribution in [0, 0.1) is 0 Å². The summed E-state index contributed by atoms with van der Waals surface area (Å²) in [5.74, 6) is -0.939. The summed E-state index contributed by atoms with van der Waals surface area (Å²) in [5.41, 5.74) is 2.30. The topological polar surface area (TPSA) is 110 Å². The zero-order valence-corrected chi connectivity index (χ0v) is 24.8. The summed E-state index contributed by atoms with van der Waals surface area (Å²) < 4.78 is 21.7. The average molecular weight is 657 g/mol. The Morgan fingerprint density at radius 3 is 2.38 bits per heavy atom. The van der Waals surface area contributed by atoms with Gasteiger partial charge in [0.25, 0.3) is 11.8 Å². The number of anilines is 1. The van der Waals surface area contributed by atoms with Crippen molar-refractivity contribution < 1.29 is 23.1 Å². The van der Waals surface area contributed by atoms with Gasteiger partial charge in [-0.2, -0.15) is 0 Å². The average Bonchev–Trinajstić information content (AvgIpc) is 3.08. The first kappa shape index (κ1) is 29.1. The van der Waals surface area contributed by atoms with Crippen molar-refractivity contribution in [2.75, 3.05) is 36.5 Å². The number of fused-ring (bicyclic) bond motifs is 1. The zero-order valence-electron chi connectivity index (χ0n) is 21.0. The molecule has 2 heterocycles. The Balaban J connectivity index is 1.92. The zero-order chi connectivity index (χ0) is 27.5. The van der Waals surface area contributed by atoms with E-state index >= 15 is 0 Å². The number of alkyl halides is 1. The van der Waals surface area contributed by atoms with Gasteiger partial charge in [-0.25, -0.2) is 4.21 Å². The fourth-order valence-corrected chi connectivity index (χ4v) is 5.15. The first-order chi connectivity index (χ1) is 17.4. The Labute approximate surface area is 238 Å². The third-order valence-corrected chi connectivity index (χ3v) is 8.24. The number of rotatable bonds is 8. The summed E-state index contributed by atoms with van der Waals surface area (Å²) in [7, 11) is 3.05. The van der Waals surface area contributed by atoms with Crippen LogP contribution in [0.5, 0.6) is 0 Å². The number of allylic oxidation sites excluding steroid dienone is 5. The Morgan fingerprint density at radius 2 is 1.78 bits per heavy atom. The first-order valence-electron chi connectivity index (χ1n) is 11.5. The SMILES string of the molecule is CN1C(=O)C(=C/C=C/C=C2/N(CCCNC(=O)CI)c3ccc(S(=O)O)cc3C2(C)C)C(=O)N(C)C1=S. The number of thiocarbonyl (C=S) groups is 1. The standard InChI is InChI=1S/C25H29IN4O5S2/c1-25(2)18-14-16(37(34)35)10-11-19(18)30(13-7-12-27-21(31)15-26)20(25)9-6-5-8-17-22(32)28(3)24(36)29(4)23(17)33/h5-6,8-11,14H,7,12-13,15H2,1-4H3,(H,27,31)(H,34,35)/b6-5+,20-9+. The van der Waals surface area contributed by atoms with E-state index in [1.165, 1.54) is 30.0 Å². The number of hydrogen-bond donors (Lipinski definition) is 2. The molecular formula is C25H29IN4O5S2. The lowest BCUT2D eigenvalue weighted by molar-refractivity contribution is -0.132. The molecule has 2 aliphatic rings. The molecule has 12 heteroatoms. The van der Waals surface area contributed by atoms with Crippen molar-refractivity contribution in [3.05, 3.63) is 59.3 Å². The lowest BCUT2D eigenvalue weighted by atomic mass is 9.83. The van der Waals surface area contributed by atoms with Crippen LogP contribution in [0.1, 0.15) is 25.8 Å². The molecule has 37 heavy (non-hydrogen) atoms. The molecule has 1 atom stereocenters. The van der Waals surface area contributed by atoms with Gasteiger partial charge in [0.1, 0.15) is 5.57 Å². The highest BCUT2D eigenvalue weighted by Gasteiger charge is 2.40. The molecule has 198 valence electrons. The van der Waals surface area contributed by atoms with Gasteiger partial charge in [0.2, 0.25) is 5.91 Å². The van der Waals surface area contributed by atoms with E-state index in [1.807, 2.05) is 48.6 Å². The molecule has 1 aromatic rings. The Hall–Kier alpha value is -2.42. The molecule has 0 bridgehead atoms. The number of hydrogen-bond acceptors (Lipinski definition) is 6. The van der Waals surface area contributed by atoms with E-state index in [-0.39, 0.29) is 16.6 Å². The van der Waals surface area contributed by atoms with E-state index in [9.17, 15) is 23.1 Å². The van der Waals surface area contributed by atoms with Crippen molar-refractivity contribution in [3.63, 3.8) is 0 Å². The third kappa shape index (κ3) is 6.02. The molecule has 3 rings (SSSR count). The fourth-order valence-electron chi connectivity index (χ4n) is 4.31. The normalized spacial score (nSPS) is 19.2. The van der Waals surface area contributed by atoms with Gasteiger partial charge in [0.15, 0.2) is 16.2 Å². The lowest BCUT2D eigenvalue weighted by Crippen LogP contribution is -2.52. The maximum Gasteiger partial charge on any atom is 0.265 e. The van der Waals surface area contributed by atoms with Crippen LogP contribution in [0.3, 0.4) is 0 Å². The molecule has 0 aliphatic carbocycles. The number of amides is 3. The van der Waals surface area contributed by atoms with Crippen LogP contribution in [0.25, 0.3) is 0 Å². The van der Waals surface area contributed by atoms with Gasteiger partial charge in [-0.05, 0) is 54.6 Å². The van der Waals surface area contributed by atoms with Crippen LogP contribution < -0.4 is 10.2 Å². The predicted molar refractivity (Wildman–Crippen MR) is 156 cm³/mol. The molecule has 2 aliphatic heterocycles. The van der Waals surface area contributed by atoms with Gasteiger partial charge in [0, 0.05) is 44.0 Å². The van der Waals surface area contributed by atoms with Crippen LogP contribution >= 0.6 is 34.8 Å². The maximum absolute atomic E-state index is 12.5. The lowest BCUT2D eigenvalue weighted by Gasteiger charge is -2.31. The summed E-state index contributed by atoms with van der Waals surface area (Å²) in [6.07, 6.45) is 7.48. The number of likely N-dealkylation sites (N-methyl/N-ethyl adjacent to an activating group) is 2. The van der Waals surface area contributed by atoms with Gasteiger partial charge in [0.05, 0.1) is 9.32 Å². The van der Waals surface area contributed by atoms with Crippen LogP contribution in [-0.4, -0.2) is 73.0 Å². The maximum atomic E-state index is 12.5. The molecular weight excluding hydrogens is 627 g/mol. The van der Waals surface area contributed by atoms with E-state index < -0.39 is 28.3 Å². The van der Waals surface area contributed by atoms with Crippen LogP contribution in [0.2, 0.25) is 0 Å². The third-order valence-electron chi connectivity index (χ3n) is 6.34. The van der Waals surface area contributed by atoms with Crippen molar-refractivity contribution >= 4 is 74.4 Å². The van der Waals surface area contributed by atoms with E-state index in [2.05, 4.69) is 10.2 Å². The van der Waals surface area contributed by atoms with Gasteiger partial charge in [-0.1, -0.05) is 48.6 Å². The molecule has 0 saturated carbocycles. The number of benzene rings is 1. The van der Waals surface area contributed by atoms with Crippen molar-refractivity contribution in [2.24, 2.45) is 0 Å². The smallest absolute Gasteiger partial charge is 0.265 e. The van der Waals surface area contributed by atoms with Crippen LogP contribution in [0.15, 0.2) is 58.7 Å². The summed E-state index contributed by atoms with van der Waals surface area (Å²) >= 11 is 5.03. The molecule has 0 spiro atoms. The predicted octanol–water partition coefficient (Wildman–Crippen LogP) is 2.89. The summed E-state index contributed by atoms with van der Waals surface area (Å²) in [6, 6.07) is 5.22. The fraction of sp³-hybridized carbons (Fsp3) is 0.360. The number of halogens is 1. The van der Waals surface area contributed by atoms with Gasteiger partial charge >= 0.3 is 0 Å². The van der Waals surface area contributed by atoms with E-state index in [4.69, 9.17) is 12.2 Å². The molecule has 2 N–H and O–H groups in total.